The van der Waals surface area contributed by atoms with Gasteiger partial charge in [-0.05, 0) is 32.8 Å². The SMILES string of the molecule is Cc1noc(C)c1S(=O)(=O)N1CCCN(C(C)c2ccccc2)CC1. The fourth-order valence-corrected chi connectivity index (χ4v) is 5.22. The maximum atomic E-state index is 13.0. The molecule has 25 heavy (non-hydrogen) atoms. The summed E-state index contributed by atoms with van der Waals surface area (Å²) in [6, 6.07) is 10.6. The Morgan fingerprint density at radius 3 is 2.44 bits per heavy atom. The van der Waals surface area contributed by atoms with E-state index in [1.165, 1.54) is 5.56 Å². The summed E-state index contributed by atoms with van der Waals surface area (Å²) >= 11 is 0. The second kappa shape index (κ2) is 7.27. The number of aryl methyl sites for hydroxylation is 2. The number of rotatable bonds is 4. The summed E-state index contributed by atoms with van der Waals surface area (Å²) in [6.07, 6.45) is 0.805. The third-order valence-corrected chi connectivity index (χ3v) is 7.03. The Morgan fingerprint density at radius 1 is 1.08 bits per heavy atom. The largest absolute Gasteiger partial charge is 0.360 e. The molecule has 7 heteroatoms. The molecule has 136 valence electrons. The van der Waals surface area contributed by atoms with Crippen molar-refractivity contribution < 1.29 is 12.9 Å². The van der Waals surface area contributed by atoms with E-state index < -0.39 is 10.0 Å². The van der Waals surface area contributed by atoms with Crippen LogP contribution in [-0.2, 0) is 10.0 Å². The molecule has 1 aliphatic heterocycles. The highest BCUT2D eigenvalue weighted by molar-refractivity contribution is 7.89. The third-order valence-electron chi connectivity index (χ3n) is 4.88. The highest BCUT2D eigenvalue weighted by Gasteiger charge is 2.32. The van der Waals surface area contributed by atoms with Crippen LogP contribution in [0.4, 0.5) is 0 Å². The molecule has 0 amide bonds. The van der Waals surface area contributed by atoms with E-state index >= 15 is 0 Å². The number of hydrogen-bond acceptors (Lipinski definition) is 5. The average Bonchev–Trinajstić information content (AvgIpc) is 2.81. The second-order valence-corrected chi connectivity index (χ2v) is 8.41. The van der Waals surface area contributed by atoms with Gasteiger partial charge < -0.3 is 4.52 Å². The van der Waals surface area contributed by atoms with Crippen LogP contribution in [0.15, 0.2) is 39.8 Å². The first-order valence-corrected chi connectivity index (χ1v) is 10.1. The Kier molecular flexibility index (Phi) is 5.27. The number of sulfonamides is 1. The van der Waals surface area contributed by atoms with Crippen LogP contribution in [0.2, 0.25) is 0 Å². The molecule has 1 aliphatic rings. The van der Waals surface area contributed by atoms with E-state index in [9.17, 15) is 8.42 Å². The molecular weight excluding hydrogens is 338 g/mol. The van der Waals surface area contributed by atoms with Crippen molar-refractivity contribution >= 4 is 10.0 Å². The number of aromatic nitrogens is 1. The van der Waals surface area contributed by atoms with Crippen molar-refractivity contribution in [1.29, 1.82) is 0 Å². The van der Waals surface area contributed by atoms with Crippen molar-refractivity contribution in [2.75, 3.05) is 26.2 Å². The molecule has 0 saturated carbocycles. The Labute approximate surface area is 149 Å². The van der Waals surface area contributed by atoms with Crippen molar-refractivity contribution in [3.8, 4) is 0 Å². The standard InChI is InChI=1S/C18H25N3O3S/c1-14-18(16(3)24-19-14)25(22,23)21-11-7-10-20(12-13-21)15(2)17-8-5-4-6-9-17/h4-6,8-9,15H,7,10-13H2,1-3H3. The first-order valence-electron chi connectivity index (χ1n) is 8.63. The van der Waals surface area contributed by atoms with Crippen molar-refractivity contribution in [2.45, 2.75) is 38.1 Å². The zero-order chi connectivity index (χ0) is 18.0. The van der Waals surface area contributed by atoms with Crippen LogP contribution < -0.4 is 0 Å². The van der Waals surface area contributed by atoms with Gasteiger partial charge in [0.25, 0.3) is 0 Å². The number of nitrogens with zero attached hydrogens (tertiary/aromatic N) is 3. The molecule has 1 fully saturated rings. The molecule has 2 aromatic rings. The lowest BCUT2D eigenvalue weighted by Crippen LogP contribution is -2.36. The molecule has 1 atom stereocenters. The van der Waals surface area contributed by atoms with Crippen LogP contribution in [0.25, 0.3) is 0 Å². The van der Waals surface area contributed by atoms with Gasteiger partial charge in [0, 0.05) is 32.2 Å². The molecule has 1 aromatic carbocycles. The van der Waals surface area contributed by atoms with E-state index in [-0.39, 0.29) is 10.9 Å². The predicted octanol–water partition coefficient (Wildman–Crippen LogP) is 2.75. The number of hydrogen-bond donors (Lipinski definition) is 0. The molecule has 6 nitrogen and oxygen atoms in total. The average molecular weight is 363 g/mol. The Morgan fingerprint density at radius 2 is 1.80 bits per heavy atom. The van der Waals surface area contributed by atoms with E-state index in [0.717, 1.165) is 13.0 Å². The molecule has 0 N–H and O–H groups in total. The van der Waals surface area contributed by atoms with Crippen molar-refractivity contribution in [3.05, 3.63) is 47.3 Å². The van der Waals surface area contributed by atoms with Crippen LogP contribution >= 0.6 is 0 Å². The molecular formula is C18H25N3O3S. The third kappa shape index (κ3) is 3.63. The molecule has 3 rings (SSSR count). The normalized spacial score (nSPS) is 18.8. The Hall–Kier alpha value is -1.70. The number of benzene rings is 1. The van der Waals surface area contributed by atoms with Crippen LogP contribution in [0.3, 0.4) is 0 Å². The second-order valence-electron chi connectivity index (χ2n) is 6.53. The summed E-state index contributed by atoms with van der Waals surface area (Å²) in [6.45, 7) is 8.07. The molecule has 1 unspecified atom stereocenters. The zero-order valence-corrected chi connectivity index (χ0v) is 15.8. The minimum Gasteiger partial charge on any atom is -0.360 e. The van der Waals surface area contributed by atoms with E-state index in [1.54, 1.807) is 18.2 Å². The molecule has 0 bridgehead atoms. The van der Waals surface area contributed by atoms with Crippen molar-refractivity contribution in [3.63, 3.8) is 0 Å². The van der Waals surface area contributed by atoms with Gasteiger partial charge in [0.15, 0.2) is 5.76 Å². The minimum absolute atomic E-state index is 0.219. The molecule has 0 radical (unpaired) electrons. The Balaban J connectivity index is 1.76. The van der Waals surface area contributed by atoms with Gasteiger partial charge in [0.2, 0.25) is 10.0 Å². The molecule has 2 heterocycles. The van der Waals surface area contributed by atoms with Gasteiger partial charge in [-0.2, -0.15) is 4.31 Å². The lowest BCUT2D eigenvalue weighted by atomic mass is 10.1. The molecule has 1 saturated heterocycles. The minimum atomic E-state index is -3.57. The van der Waals surface area contributed by atoms with Crippen LogP contribution in [-0.4, -0.2) is 49.0 Å². The Bertz CT molecular complexity index is 798. The van der Waals surface area contributed by atoms with Gasteiger partial charge in [-0.25, -0.2) is 8.42 Å². The summed E-state index contributed by atoms with van der Waals surface area (Å²) in [4.78, 5) is 2.56. The van der Waals surface area contributed by atoms with Gasteiger partial charge in [0.05, 0.1) is 0 Å². The van der Waals surface area contributed by atoms with E-state index in [4.69, 9.17) is 4.52 Å². The van der Waals surface area contributed by atoms with Crippen LogP contribution in [0, 0.1) is 13.8 Å². The fraction of sp³-hybridized carbons (Fsp3) is 0.500. The van der Waals surface area contributed by atoms with Crippen LogP contribution in [0.1, 0.15) is 36.4 Å². The highest BCUT2D eigenvalue weighted by Crippen LogP contribution is 2.26. The zero-order valence-electron chi connectivity index (χ0n) is 15.0. The first-order chi connectivity index (χ1) is 11.9. The topological polar surface area (TPSA) is 66.7 Å². The summed E-state index contributed by atoms with van der Waals surface area (Å²) < 4.78 is 32.6. The van der Waals surface area contributed by atoms with Crippen LogP contribution in [0.5, 0.6) is 0 Å². The maximum Gasteiger partial charge on any atom is 0.248 e. The maximum absolute atomic E-state index is 13.0. The van der Waals surface area contributed by atoms with Crippen molar-refractivity contribution in [1.82, 2.24) is 14.4 Å². The molecule has 1 aromatic heterocycles. The van der Waals surface area contributed by atoms with Gasteiger partial charge in [0.1, 0.15) is 10.6 Å². The lowest BCUT2D eigenvalue weighted by molar-refractivity contribution is 0.221. The summed E-state index contributed by atoms with van der Waals surface area (Å²) in [5.41, 5.74) is 1.68. The quantitative estimate of drug-likeness (QED) is 0.836. The van der Waals surface area contributed by atoms with Gasteiger partial charge >= 0.3 is 0 Å². The van der Waals surface area contributed by atoms with Crippen molar-refractivity contribution in [2.24, 2.45) is 0 Å². The predicted molar refractivity (Wildman–Crippen MR) is 95.8 cm³/mol. The van der Waals surface area contributed by atoms with E-state index in [1.807, 2.05) is 18.2 Å². The van der Waals surface area contributed by atoms with Gasteiger partial charge in [-0.15, -0.1) is 0 Å². The molecule has 0 aliphatic carbocycles. The first kappa shape index (κ1) is 18.1. The summed E-state index contributed by atoms with van der Waals surface area (Å²) in [7, 11) is -3.57. The highest BCUT2D eigenvalue weighted by atomic mass is 32.2. The van der Waals surface area contributed by atoms with E-state index in [0.29, 0.717) is 31.1 Å². The monoisotopic (exact) mass is 363 g/mol. The molecule has 0 spiro atoms. The van der Waals surface area contributed by atoms with Gasteiger partial charge in [-0.1, -0.05) is 35.5 Å². The lowest BCUT2D eigenvalue weighted by Gasteiger charge is -2.28. The smallest absolute Gasteiger partial charge is 0.248 e. The fourth-order valence-electron chi connectivity index (χ4n) is 3.46. The van der Waals surface area contributed by atoms with Gasteiger partial charge in [-0.3, -0.25) is 4.90 Å². The summed E-state index contributed by atoms with van der Waals surface area (Å²) in [5.74, 6) is 0.358. The van der Waals surface area contributed by atoms with E-state index in [2.05, 4.69) is 29.1 Å². The summed E-state index contributed by atoms with van der Waals surface area (Å²) in [5, 5.41) is 3.79.